The Hall–Kier alpha value is -3.22. The fourth-order valence-electron chi connectivity index (χ4n) is 2.60. The third-order valence-corrected chi connectivity index (χ3v) is 6.83. The maximum Gasteiger partial charge on any atom is 0.242 e. The number of anilines is 2. The van der Waals surface area contributed by atoms with E-state index in [-0.39, 0.29) is 10.8 Å². The highest BCUT2D eigenvalue weighted by molar-refractivity contribution is 7.99. The van der Waals surface area contributed by atoms with Gasteiger partial charge >= 0.3 is 0 Å². The molecule has 12 heteroatoms. The Morgan fingerprint density at radius 3 is 2.16 bits per heavy atom. The highest BCUT2D eigenvalue weighted by Crippen LogP contribution is 2.26. The zero-order valence-corrected chi connectivity index (χ0v) is 19.2. The molecule has 0 bridgehead atoms. The lowest BCUT2D eigenvalue weighted by atomic mass is 10.3. The molecule has 0 radical (unpaired) electrons. The van der Waals surface area contributed by atoms with Crippen molar-refractivity contribution in [2.24, 2.45) is 7.05 Å². The van der Waals surface area contributed by atoms with Gasteiger partial charge in [-0.3, -0.25) is 9.59 Å². The van der Waals surface area contributed by atoms with Gasteiger partial charge in [-0.05, 0) is 67.2 Å². The predicted molar refractivity (Wildman–Crippen MR) is 121 cm³/mol. The van der Waals surface area contributed by atoms with Gasteiger partial charge in [0.05, 0.1) is 10.9 Å². The number of benzene rings is 2. The average molecular weight is 475 g/mol. The van der Waals surface area contributed by atoms with E-state index in [1.807, 2.05) is 19.2 Å². The number of aromatic nitrogens is 3. The molecule has 0 saturated heterocycles. The van der Waals surface area contributed by atoms with Gasteiger partial charge in [0, 0.05) is 30.2 Å². The lowest BCUT2D eigenvalue weighted by Crippen LogP contribution is -2.41. The molecule has 3 rings (SSSR count). The Bertz CT molecular complexity index is 1210. The van der Waals surface area contributed by atoms with E-state index >= 15 is 0 Å². The van der Waals surface area contributed by atoms with Crippen LogP contribution >= 0.6 is 11.8 Å². The first-order valence-electron chi connectivity index (χ1n) is 9.47. The highest BCUT2D eigenvalue weighted by Gasteiger charge is 2.22. The Morgan fingerprint density at radius 2 is 1.59 bits per heavy atom. The first-order chi connectivity index (χ1) is 15.1. The van der Waals surface area contributed by atoms with Crippen molar-refractivity contribution in [1.82, 2.24) is 19.5 Å². The molecule has 3 aromatic rings. The van der Waals surface area contributed by atoms with Crippen molar-refractivity contribution in [3.63, 3.8) is 0 Å². The molecule has 2 amide bonds. The standard InChI is InChI=1S/C20H22N6O4S2/c1-13(25-32(29,30)18-10-6-15(7-11-18)22-14(2)27)19(28)23-16-4-8-17(9-5-16)31-20-24-21-12-26(20)3/h4-13,25H,1-3H3,(H,22,27)(H,23,28)/t13-/m0/s1. The largest absolute Gasteiger partial charge is 0.326 e. The van der Waals surface area contributed by atoms with Gasteiger partial charge in [-0.1, -0.05) is 0 Å². The number of carbonyl (C=O) groups excluding carboxylic acids is 2. The SMILES string of the molecule is CC(=O)Nc1ccc(S(=O)(=O)N[C@@H](C)C(=O)Nc2ccc(Sc3nncn3C)cc2)cc1. The molecule has 1 heterocycles. The van der Waals surface area contributed by atoms with Crippen molar-refractivity contribution < 1.29 is 18.0 Å². The number of sulfonamides is 1. The van der Waals surface area contributed by atoms with Gasteiger partial charge in [0.15, 0.2) is 5.16 Å². The quantitative estimate of drug-likeness (QED) is 0.456. The molecule has 1 atom stereocenters. The van der Waals surface area contributed by atoms with E-state index < -0.39 is 22.0 Å². The van der Waals surface area contributed by atoms with E-state index in [2.05, 4.69) is 25.6 Å². The zero-order chi connectivity index (χ0) is 23.3. The smallest absolute Gasteiger partial charge is 0.242 e. The first kappa shape index (κ1) is 23.4. The summed E-state index contributed by atoms with van der Waals surface area (Å²) in [5.74, 6) is -0.763. The predicted octanol–water partition coefficient (Wildman–Crippen LogP) is 2.23. The van der Waals surface area contributed by atoms with Gasteiger partial charge in [-0.25, -0.2) is 8.42 Å². The van der Waals surface area contributed by atoms with Crippen LogP contribution in [0.2, 0.25) is 0 Å². The van der Waals surface area contributed by atoms with Crippen LogP contribution in [0.25, 0.3) is 0 Å². The number of amides is 2. The van der Waals surface area contributed by atoms with E-state index in [4.69, 9.17) is 0 Å². The van der Waals surface area contributed by atoms with Gasteiger partial charge in [-0.2, -0.15) is 4.72 Å². The number of hydrogen-bond donors (Lipinski definition) is 3. The minimum absolute atomic E-state index is 0.0172. The van der Waals surface area contributed by atoms with Gasteiger partial charge in [0.2, 0.25) is 21.8 Å². The first-order valence-corrected chi connectivity index (χ1v) is 11.8. The van der Waals surface area contributed by atoms with Crippen molar-refractivity contribution in [1.29, 1.82) is 0 Å². The van der Waals surface area contributed by atoms with Crippen LogP contribution in [-0.2, 0) is 26.7 Å². The number of hydrogen-bond acceptors (Lipinski definition) is 7. The molecule has 168 valence electrons. The Labute approximate surface area is 189 Å². The van der Waals surface area contributed by atoms with E-state index in [1.54, 1.807) is 23.0 Å². The summed E-state index contributed by atoms with van der Waals surface area (Å²) >= 11 is 1.43. The average Bonchev–Trinajstić information content (AvgIpc) is 3.13. The summed E-state index contributed by atoms with van der Waals surface area (Å²) in [7, 11) is -2.08. The minimum atomic E-state index is -3.92. The fraction of sp³-hybridized carbons (Fsp3) is 0.200. The number of nitrogens with one attached hydrogen (secondary N) is 3. The third kappa shape index (κ3) is 6.15. The topological polar surface area (TPSA) is 135 Å². The molecule has 2 aromatic carbocycles. The van der Waals surface area contributed by atoms with Crippen molar-refractivity contribution >= 4 is 45.0 Å². The molecule has 32 heavy (non-hydrogen) atoms. The molecule has 0 unspecified atom stereocenters. The summed E-state index contributed by atoms with van der Waals surface area (Å²) in [5.41, 5.74) is 1.01. The monoisotopic (exact) mass is 474 g/mol. The van der Waals surface area contributed by atoms with Crippen LogP contribution in [0.1, 0.15) is 13.8 Å². The van der Waals surface area contributed by atoms with Crippen LogP contribution in [0.3, 0.4) is 0 Å². The Kier molecular flexibility index (Phi) is 7.28. The molecule has 1 aromatic heterocycles. The summed E-state index contributed by atoms with van der Waals surface area (Å²) < 4.78 is 29.3. The van der Waals surface area contributed by atoms with E-state index in [0.29, 0.717) is 11.4 Å². The molecule has 0 fully saturated rings. The summed E-state index contributed by atoms with van der Waals surface area (Å²) in [4.78, 5) is 24.4. The van der Waals surface area contributed by atoms with E-state index in [0.717, 1.165) is 10.1 Å². The van der Waals surface area contributed by atoms with Crippen molar-refractivity contribution in [2.45, 2.75) is 34.8 Å². The molecular weight excluding hydrogens is 452 g/mol. The molecule has 0 saturated carbocycles. The molecule has 0 aliphatic carbocycles. The van der Waals surface area contributed by atoms with Crippen molar-refractivity contribution in [3.05, 3.63) is 54.9 Å². The summed E-state index contributed by atoms with van der Waals surface area (Å²) in [6, 6.07) is 11.7. The second kappa shape index (κ2) is 9.94. The van der Waals surface area contributed by atoms with Gasteiger partial charge in [0.25, 0.3) is 0 Å². The molecule has 0 aliphatic heterocycles. The van der Waals surface area contributed by atoms with Crippen LogP contribution in [0, 0.1) is 0 Å². The second-order valence-electron chi connectivity index (χ2n) is 6.89. The number of carbonyl (C=O) groups is 2. The van der Waals surface area contributed by atoms with Crippen molar-refractivity contribution in [3.8, 4) is 0 Å². The van der Waals surface area contributed by atoms with Crippen LogP contribution in [0.4, 0.5) is 11.4 Å². The van der Waals surface area contributed by atoms with Gasteiger partial charge in [0.1, 0.15) is 6.33 Å². The van der Waals surface area contributed by atoms with Crippen molar-refractivity contribution in [2.75, 3.05) is 10.6 Å². The van der Waals surface area contributed by atoms with Crippen LogP contribution in [0.15, 0.2) is 69.8 Å². The molecule has 0 aliphatic rings. The lowest BCUT2D eigenvalue weighted by Gasteiger charge is -2.15. The van der Waals surface area contributed by atoms with Gasteiger partial charge < -0.3 is 15.2 Å². The zero-order valence-electron chi connectivity index (χ0n) is 17.6. The number of aryl methyl sites for hydroxylation is 1. The number of nitrogens with zero attached hydrogens (tertiary/aromatic N) is 3. The summed E-state index contributed by atoms with van der Waals surface area (Å²) in [6.07, 6.45) is 1.61. The highest BCUT2D eigenvalue weighted by atomic mass is 32.2. The van der Waals surface area contributed by atoms with E-state index in [1.165, 1.54) is 49.9 Å². The van der Waals surface area contributed by atoms with Crippen LogP contribution < -0.4 is 15.4 Å². The lowest BCUT2D eigenvalue weighted by molar-refractivity contribution is -0.117. The molecule has 10 nitrogen and oxygen atoms in total. The van der Waals surface area contributed by atoms with Crippen LogP contribution in [-0.4, -0.2) is 41.0 Å². The Morgan fingerprint density at radius 1 is 1.00 bits per heavy atom. The van der Waals surface area contributed by atoms with Gasteiger partial charge in [-0.15, -0.1) is 10.2 Å². The normalized spacial score (nSPS) is 12.2. The maximum atomic E-state index is 12.6. The second-order valence-corrected chi connectivity index (χ2v) is 9.64. The fourth-order valence-corrected chi connectivity index (χ4v) is 4.57. The maximum absolute atomic E-state index is 12.6. The minimum Gasteiger partial charge on any atom is -0.326 e. The third-order valence-electron chi connectivity index (χ3n) is 4.21. The molecular formula is C20H22N6O4S2. The van der Waals surface area contributed by atoms with E-state index in [9.17, 15) is 18.0 Å². The van der Waals surface area contributed by atoms with Crippen LogP contribution in [0.5, 0.6) is 0 Å². The summed E-state index contributed by atoms with van der Waals surface area (Å²) in [6.45, 7) is 2.81. The molecule has 3 N–H and O–H groups in total. The molecule has 0 spiro atoms. The number of rotatable bonds is 8. The summed E-state index contributed by atoms with van der Waals surface area (Å²) in [5, 5.41) is 13.8. The Balaban J connectivity index is 1.59.